The Labute approximate surface area is 110 Å². The van der Waals surface area contributed by atoms with Crippen LogP contribution in [0.5, 0.6) is 0 Å². The third-order valence-electron chi connectivity index (χ3n) is 5.12. The number of rotatable bonds is 8. The van der Waals surface area contributed by atoms with E-state index in [2.05, 4.69) is 60.5 Å². The summed E-state index contributed by atoms with van der Waals surface area (Å²) in [5.74, 6) is 3.41. The Bertz CT molecular complexity index is 188. The minimum atomic E-state index is 0.688. The Morgan fingerprint density at radius 2 is 1.35 bits per heavy atom. The Kier molecular flexibility index (Phi) is 8.11. The molecule has 1 nitrogen and oxygen atoms in total. The van der Waals surface area contributed by atoms with E-state index in [9.17, 15) is 0 Å². The SMILES string of the molecule is CCC(C)C(C)C(CC)CC(C)C(C)N(C)C. The highest BCUT2D eigenvalue weighted by atomic mass is 15.1. The highest BCUT2D eigenvalue weighted by Crippen LogP contribution is 2.32. The van der Waals surface area contributed by atoms with Gasteiger partial charge in [0, 0.05) is 6.04 Å². The van der Waals surface area contributed by atoms with Crippen molar-refractivity contribution in [3.05, 3.63) is 0 Å². The molecule has 0 aromatic rings. The molecule has 0 fully saturated rings. The smallest absolute Gasteiger partial charge is 0.00865 e. The lowest BCUT2D eigenvalue weighted by Gasteiger charge is -2.33. The summed E-state index contributed by atoms with van der Waals surface area (Å²) in [6.07, 6.45) is 4.02. The lowest BCUT2D eigenvalue weighted by Crippen LogP contribution is -2.33. The van der Waals surface area contributed by atoms with Crippen molar-refractivity contribution in [1.82, 2.24) is 4.90 Å². The molecule has 0 radical (unpaired) electrons. The monoisotopic (exact) mass is 241 g/mol. The van der Waals surface area contributed by atoms with Gasteiger partial charge in [-0.15, -0.1) is 0 Å². The second kappa shape index (κ2) is 8.13. The summed E-state index contributed by atoms with van der Waals surface area (Å²) in [7, 11) is 4.39. The van der Waals surface area contributed by atoms with Crippen LogP contribution in [-0.2, 0) is 0 Å². The molecule has 104 valence electrons. The molecule has 0 amide bonds. The number of nitrogens with zero attached hydrogens (tertiary/aromatic N) is 1. The van der Waals surface area contributed by atoms with Gasteiger partial charge in [-0.3, -0.25) is 0 Å². The van der Waals surface area contributed by atoms with Gasteiger partial charge in [-0.2, -0.15) is 0 Å². The van der Waals surface area contributed by atoms with Crippen LogP contribution in [0.3, 0.4) is 0 Å². The molecular formula is C16H35N. The number of hydrogen-bond donors (Lipinski definition) is 0. The predicted molar refractivity (Wildman–Crippen MR) is 79.3 cm³/mol. The lowest BCUT2D eigenvalue weighted by molar-refractivity contribution is 0.163. The maximum Gasteiger partial charge on any atom is 0.00865 e. The molecule has 1 heteroatoms. The molecule has 5 unspecified atom stereocenters. The van der Waals surface area contributed by atoms with Crippen LogP contribution in [0.1, 0.15) is 60.8 Å². The summed E-state index contributed by atoms with van der Waals surface area (Å²) in [5.41, 5.74) is 0. The van der Waals surface area contributed by atoms with Gasteiger partial charge in [-0.05, 0) is 51.1 Å². The van der Waals surface area contributed by atoms with Crippen molar-refractivity contribution < 1.29 is 0 Å². The van der Waals surface area contributed by atoms with Gasteiger partial charge >= 0.3 is 0 Å². The molecule has 0 aromatic carbocycles. The van der Waals surface area contributed by atoms with E-state index in [4.69, 9.17) is 0 Å². The quantitative estimate of drug-likeness (QED) is 0.597. The fourth-order valence-electron chi connectivity index (χ4n) is 2.77. The summed E-state index contributed by atoms with van der Waals surface area (Å²) in [6.45, 7) is 14.3. The summed E-state index contributed by atoms with van der Waals surface area (Å²) in [5, 5.41) is 0. The highest BCUT2D eigenvalue weighted by molar-refractivity contribution is 4.76. The van der Waals surface area contributed by atoms with E-state index < -0.39 is 0 Å². The van der Waals surface area contributed by atoms with Crippen molar-refractivity contribution in [2.24, 2.45) is 23.7 Å². The lowest BCUT2D eigenvalue weighted by atomic mass is 9.76. The molecule has 5 atom stereocenters. The Hall–Kier alpha value is -0.0400. The van der Waals surface area contributed by atoms with Crippen molar-refractivity contribution in [2.45, 2.75) is 66.8 Å². The van der Waals surface area contributed by atoms with Crippen LogP contribution in [-0.4, -0.2) is 25.0 Å². The maximum absolute atomic E-state index is 2.45. The third kappa shape index (κ3) is 5.42. The summed E-state index contributed by atoms with van der Waals surface area (Å²) in [6, 6.07) is 0.688. The van der Waals surface area contributed by atoms with Crippen molar-refractivity contribution in [2.75, 3.05) is 14.1 Å². The van der Waals surface area contributed by atoms with E-state index in [0.717, 1.165) is 23.7 Å². The molecule has 0 N–H and O–H groups in total. The second-order valence-electron chi connectivity index (χ2n) is 6.33. The number of hydrogen-bond acceptors (Lipinski definition) is 1. The van der Waals surface area contributed by atoms with Crippen LogP contribution in [0.15, 0.2) is 0 Å². The van der Waals surface area contributed by atoms with Crippen molar-refractivity contribution in [3.8, 4) is 0 Å². The Morgan fingerprint density at radius 1 is 0.824 bits per heavy atom. The normalized spacial score (nSPS) is 21.0. The molecule has 0 rings (SSSR count). The Balaban J connectivity index is 4.39. The minimum Gasteiger partial charge on any atom is -0.306 e. The first-order valence-electron chi connectivity index (χ1n) is 7.51. The van der Waals surface area contributed by atoms with Crippen molar-refractivity contribution in [1.29, 1.82) is 0 Å². The predicted octanol–water partition coefficient (Wildman–Crippen LogP) is 4.67. The molecule has 17 heavy (non-hydrogen) atoms. The molecule has 0 aliphatic rings. The first-order valence-corrected chi connectivity index (χ1v) is 7.51. The van der Waals surface area contributed by atoms with E-state index in [1.54, 1.807) is 0 Å². The summed E-state index contributed by atoms with van der Waals surface area (Å²) >= 11 is 0. The zero-order valence-corrected chi connectivity index (χ0v) is 13.5. The van der Waals surface area contributed by atoms with Gasteiger partial charge in [-0.25, -0.2) is 0 Å². The van der Waals surface area contributed by atoms with Crippen LogP contribution in [0.2, 0.25) is 0 Å². The van der Waals surface area contributed by atoms with E-state index in [0.29, 0.717) is 6.04 Å². The fraction of sp³-hybridized carbons (Fsp3) is 1.00. The average Bonchev–Trinajstić information content (AvgIpc) is 2.32. The first-order chi connectivity index (χ1) is 7.84. The molecule has 0 aliphatic heterocycles. The van der Waals surface area contributed by atoms with Crippen LogP contribution in [0.4, 0.5) is 0 Å². The average molecular weight is 241 g/mol. The zero-order chi connectivity index (χ0) is 13.6. The van der Waals surface area contributed by atoms with Gasteiger partial charge in [0.2, 0.25) is 0 Å². The van der Waals surface area contributed by atoms with E-state index in [1.807, 2.05) is 0 Å². The topological polar surface area (TPSA) is 3.24 Å². The van der Waals surface area contributed by atoms with Gasteiger partial charge in [-0.1, -0.05) is 47.5 Å². The van der Waals surface area contributed by atoms with Gasteiger partial charge in [0.25, 0.3) is 0 Å². The molecular weight excluding hydrogens is 206 g/mol. The summed E-state index contributed by atoms with van der Waals surface area (Å²) in [4.78, 5) is 2.35. The van der Waals surface area contributed by atoms with Crippen molar-refractivity contribution >= 4 is 0 Å². The van der Waals surface area contributed by atoms with Crippen LogP contribution in [0, 0.1) is 23.7 Å². The minimum absolute atomic E-state index is 0.688. The van der Waals surface area contributed by atoms with Gasteiger partial charge < -0.3 is 4.90 Å². The highest BCUT2D eigenvalue weighted by Gasteiger charge is 2.24. The van der Waals surface area contributed by atoms with E-state index in [-0.39, 0.29) is 0 Å². The molecule has 0 heterocycles. The standard InChI is InChI=1S/C16H35N/c1-9-12(3)14(5)16(10-2)11-13(4)15(6)17(7)8/h12-16H,9-11H2,1-8H3. The molecule has 0 aromatic heterocycles. The van der Waals surface area contributed by atoms with Crippen molar-refractivity contribution in [3.63, 3.8) is 0 Å². The molecule has 0 saturated carbocycles. The van der Waals surface area contributed by atoms with Crippen LogP contribution in [0.25, 0.3) is 0 Å². The molecule has 0 bridgehead atoms. The second-order valence-corrected chi connectivity index (χ2v) is 6.33. The van der Waals surface area contributed by atoms with Crippen LogP contribution < -0.4 is 0 Å². The Morgan fingerprint density at radius 3 is 1.71 bits per heavy atom. The van der Waals surface area contributed by atoms with Gasteiger partial charge in [0.1, 0.15) is 0 Å². The molecule has 0 saturated heterocycles. The third-order valence-corrected chi connectivity index (χ3v) is 5.12. The van der Waals surface area contributed by atoms with Gasteiger partial charge in [0.15, 0.2) is 0 Å². The van der Waals surface area contributed by atoms with E-state index >= 15 is 0 Å². The fourth-order valence-corrected chi connectivity index (χ4v) is 2.77. The first kappa shape index (κ1) is 17.0. The van der Waals surface area contributed by atoms with Gasteiger partial charge in [0.05, 0.1) is 0 Å². The molecule has 0 spiro atoms. The molecule has 0 aliphatic carbocycles. The largest absolute Gasteiger partial charge is 0.306 e. The maximum atomic E-state index is 2.45. The summed E-state index contributed by atoms with van der Waals surface area (Å²) < 4.78 is 0. The van der Waals surface area contributed by atoms with E-state index in [1.165, 1.54) is 19.3 Å². The van der Waals surface area contributed by atoms with Crippen LogP contribution >= 0.6 is 0 Å². The zero-order valence-electron chi connectivity index (χ0n) is 13.5.